The maximum atomic E-state index is 12.4. The first-order valence-electron chi connectivity index (χ1n) is 9.02. The Kier molecular flexibility index (Phi) is 6.20. The number of nitrogens with zero attached hydrogens (tertiary/aromatic N) is 1. The summed E-state index contributed by atoms with van der Waals surface area (Å²) in [6, 6.07) is 20.1. The molecule has 156 valence electrons. The number of carbonyl (C=O) groups excluding carboxylic acids is 1. The SMILES string of the molecule is O=C(NC1Cc2ccccc2C1)c1cc(-c2ccccc2)n[nH]1.O=C(O)C(F)(F)F. The molecule has 1 aliphatic carbocycles. The van der Waals surface area contributed by atoms with Gasteiger partial charge in [-0.3, -0.25) is 9.89 Å². The third-order valence-electron chi connectivity index (χ3n) is 4.52. The van der Waals surface area contributed by atoms with Gasteiger partial charge in [0.15, 0.2) is 0 Å². The van der Waals surface area contributed by atoms with E-state index in [-0.39, 0.29) is 11.9 Å². The van der Waals surface area contributed by atoms with Crippen LogP contribution in [-0.2, 0) is 17.6 Å². The van der Waals surface area contributed by atoms with Gasteiger partial charge in [-0.05, 0) is 30.0 Å². The van der Waals surface area contributed by atoms with E-state index in [4.69, 9.17) is 9.90 Å². The van der Waals surface area contributed by atoms with E-state index in [1.807, 2.05) is 42.5 Å². The van der Waals surface area contributed by atoms with Gasteiger partial charge in [-0.2, -0.15) is 18.3 Å². The van der Waals surface area contributed by atoms with Crippen LogP contribution in [0.15, 0.2) is 60.7 Å². The van der Waals surface area contributed by atoms with Crippen molar-refractivity contribution in [3.05, 3.63) is 77.5 Å². The summed E-state index contributed by atoms with van der Waals surface area (Å²) < 4.78 is 31.7. The predicted molar refractivity (Wildman–Crippen MR) is 103 cm³/mol. The highest BCUT2D eigenvalue weighted by atomic mass is 19.4. The van der Waals surface area contributed by atoms with Crippen molar-refractivity contribution in [1.82, 2.24) is 15.5 Å². The minimum Gasteiger partial charge on any atom is -0.475 e. The molecule has 1 aliphatic rings. The molecule has 30 heavy (non-hydrogen) atoms. The Morgan fingerprint density at radius 2 is 1.53 bits per heavy atom. The van der Waals surface area contributed by atoms with Gasteiger partial charge in [0.2, 0.25) is 0 Å². The van der Waals surface area contributed by atoms with Gasteiger partial charge in [-0.15, -0.1) is 0 Å². The Bertz CT molecular complexity index is 1010. The largest absolute Gasteiger partial charge is 0.490 e. The number of benzene rings is 2. The number of aliphatic carboxylic acids is 1. The van der Waals surface area contributed by atoms with Gasteiger partial charge < -0.3 is 10.4 Å². The van der Waals surface area contributed by atoms with Crippen molar-refractivity contribution in [2.24, 2.45) is 0 Å². The van der Waals surface area contributed by atoms with Crippen LogP contribution in [0.2, 0.25) is 0 Å². The molecule has 4 rings (SSSR count). The average Bonchev–Trinajstić information content (AvgIpc) is 3.35. The van der Waals surface area contributed by atoms with Crippen LogP contribution in [0, 0.1) is 0 Å². The molecule has 0 radical (unpaired) electrons. The van der Waals surface area contributed by atoms with Crippen molar-refractivity contribution in [3.63, 3.8) is 0 Å². The first-order chi connectivity index (χ1) is 14.2. The minimum absolute atomic E-state index is 0.0995. The molecular weight excluding hydrogens is 399 g/mol. The van der Waals surface area contributed by atoms with Gasteiger partial charge in [-0.25, -0.2) is 4.79 Å². The fourth-order valence-corrected chi connectivity index (χ4v) is 3.12. The van der Waals surface area contributed by atoms with Crippen LogP contribution >= 0.6 is 0 Å². The van der Waals surface area contributed by atoms with Gasteiger partial charge in [0.1, 0.15) is 5.69 Å². The molecule has 1 heterocycles. The van der Waals surface area contributed by atoms with Crippen molar-refractivity contribution < 1.29 is 27.9 Å². The molecule has 9 heteroatoms. The molecule has 0 unspecified atom stereocenters. The molecule has 0 saturated heterocycles. The lowest BCUT2D eigenvalue weighted by atomic mass is 10.1. The predicted octanol–water partition coefficient (Wildman–Crippen LogP) is 3.61. The lowest BCUT2D eigenvalue weighted by Gasteiger charge is -2.10. The van der Waals surface area contributed by atoms with Crippen molar-refractivity contribution in [2.45, 2.75) is 25.1 Å². The smallest absolute Gasteiger partial charge is 0.475 e. The first kappa shape index (κ1) is 21.1. The second-order valence-corrected chi connectivity index (χ2v) is 6.68. The molecule has 3 N–H and O–H groups in total. The third-order valence-corrected chi connectivity index (χ3v) is 4.52. The second-order valence-electron chi connectivity index (χ2n) is 6.68. The normalized spacial score (nSPS) is 13.2. The van der Waals surface area contributed by atoms with Gasteiger partial charge >= 0.3 is 12.1 Å². The zero-order chi connectivity index (χ0) is 21.7. The van der Waals surface area contributed by atoms with Crippen LogP contribution in [0.4, 0.5) is 13.2 Å². The molecule has 0 bridgehead atoms. The fourth-order valence-electron chi connectivity index (χ4n) is 3.12. The Hall–Kier alpha value is -3.62. The number of hydrogen-bond donors (Lipinski definition) is 3. The molecule has 0 saturated carbocycles. The number of fused-ring (bicyclic) bond motifs is 1. The highest BCUT2D eigenvalue weighted by molar-refractivity contribution is 5.93. The molecule has 2 aromatic carbocycles. The van der Waals surface area contributed by atoms with Crippen LogP contribution in [-0.4, -0.2) is 39.4 Å². The molecule has 0 aliphatic heterocycles. The van der Waals surface area contributed by atoms with Crippen LogP contribution in [0.25, 0.3) is 11.3 Å². The molecule has 1 aromatic heterocycles. The van der Waals surface area contributed by atoms with Crippen LogP contribution < -0.4 is 5.32 Å². The maximum absolute atomic E-state index is 12.4. The molecule has 3 aromatic rings. The summed E-state index contributed by atoms with van der Waals surface area (Å²) in [5, 5.41) is 17.3. The number of H-pyrrole nitrogens is 1. The number of alkyl halides is 3. The van der Waals surface area contributed by atoms with Crippen LogP contribution in [0.1, 0.15) is 21.6 Å². The van der Waals surface area contributed by atoms with Gasteiger partial charge in [0, 0.05) is 11.6 Å². The van der Waals surface area contributed by atoms with Gasteiger partial charge in [0.25, 0.3) is 5.91 Å². The van der Waals surface area contributed by atoms with E-state index in [0.717, 1.165) is 24.1 Å². The zero-order valence-corrected chi connectivity index (χ0v) is 15.6. The van der Waals surface area contributed by atoms with E-state index in [9.17, 15) is 18.0 Å². The molecular formula is C21H18F3N3O3. The topological polar surface area (TPSA) is 95.1 Å². The summed E-state index contributed by atoms with van der Waals surface area (Å²) in [6.45, 7) is 0. The molecule has 0 fully saturated rings. The molecule has 1 amide bonds. The summed E-state index contributed by atoms with van der Waals surface area (Å²) in [5.41, 5.74) is 4.93. The number of carboxylic acids is 1. The lowest BCUT2D eigenvalue weighted by molar-refractivity contribution is -0.192. The number of nitrogens with one attached hydrogen (secondary N) is 2. The number of aromatic amines is 1. The number of halogens is 3. The Balaban J connectivity index is 0.000000318. The summed E-state index contributed by atoms with van der Waals surface area (Å²) in [6.07, 6.45) is -3.30. The zero-order valence-electron chi connectivity index (χ0n) is 15.6. The lowest BCUT2D eigenvalue weighted by Crippen LogP contribution is -2.35. The number of carbonyl (C=O) groups is 2. The molecule has 0 atom stereocenters. The number of rotatable bonds is 3. The third kappa shape index (κ3) is 5.25. The number of carboxylic acid groups (broad SMARTS) is 1. The van der Waals surface area contributed by atoms with E-state index < -0.39 is 12.1 Å². The first-order valence-corrected chi connectivity index (χ1v) is 9.02. The van der Waals surface area contributed by atoms with E-state index in [1.165, 1.54) is 11.1 Å². The number of hydrogen-bond acceptors (Lipinski definition) is 3. The second kappa shape index (κ2) is 8.81. The van der Waals surface area contributed by atoms with Gasteiger partial charge in [0.05, 0.1) is 5.69 Å². The van der Waals surface area contributed by atoms with E-state index in [2.05, 4.69) is 27.6 Å². The summed E-state index contributed by atoms with van der Waals surface area (Å²) in [7, 11) is 0. The number of amides is 1. The molecule has 6 nitrogen and oxygen atoms in total. The quantitative estimate of drug-likeness (QED) is 0.607. The monoisotopic (exact) mass is 417 g/mol. The summed E-state index contributed by atoms with van der Waals surface area (Å²) >= 11 is 0. The fraction of sp³-hybridized carbons (Fsp3) is 0.190. The van der Waals surface area contributed by atoms with E-state index in [0.29, 0.717) is 5.69 Å². The standard InChI is InChI=1S/C19H17N3O.C2HF3O2/c23-19(20-16-10-14-8-4-5-9-15(14)11-16)18-12-17(21-22-18)13-6-2-1-3-7-13;3-2(4,5)1(6)7/h1-9,12,16H,10-11H2,(H,20,23)(H,21,22);(H,6,7). The molecule has 0 spiro atoms. The Morgan fingerprint density at radius 1 is 1.00 bits per heavy atom. The Morgan fingerprint density at radius 3 is 2.07 bits per heavy atom. The highest BCUT2D eigenvalue weighted by Gasteiger charge is 2.38. The summed E-state index contributed by atoms with van der Waals surface area (Å²) in [4.78, 5) is 21.3. The number of aromatic nitrogens is 2. The van der Waals surface area contributed by atoms with Crippen LogP contribution in [0.5, 0.6) is 0 Å². The van der Waals surface area contributed by atoms with Gasteiger partial charge in [-0.1, -0.05) is 54.6 Å². The van der Waals surface area contributed by atoms with Crippen molar-refractivity contribution in [2.75, 3.05) is 0 Å². The highest BCUT2D eigenvalue weighted by Crippen LogP contribution is 2.22. The Labute approximate surface area is 169 Å². The van der Waals surface area contributed by atoms with Crippen LogP contribution in [0.3, 0.4) is 0 Å². The van der Waals surface area contributed by atoms with Crippen molar-refractivity contribution in [3.8, 4) is 11.3 Å². The van der Waals surface area contributed by atoms with E-state index in [1.54, 1.807) is 6.07 Å². The van der Waals surface area contributed by atoms with Crippen molar-refractivity contribution in [1.29, 1.82) is 0 Å². The average molecular weight is 417 g/mol. The summed E-state index contributed by atoms with van der Waals surface area (Å²) in [5.74, 6) is -2.86. The van der Waals surface area contributed by atoms with Crippen molar-refractivity contribution >= 4 is 11.9 Å². The maximum Gasteiger partial charge on any atom is 0.490 e. The van der Waals surface area contributed by atoms with E-state index >= 15 is 0 Å². The minimum atomic E-state index is -5.08.